The van der Waals surface area contributed by atoms with Crippen molar-refractivity contribution in [2.45, 2.75) is 45.2 Å². The lowest BCUT2D eigenvalue weighted by Gasteiger charge is -2.35. The average molecular weight is 354 g/mol. The van der Waals surface area contributed by atoms with E-state index in [0.717, 1.165) is 23.2 Å². The number of carbonyl (C=O) groups is 1. The molecule has 0 aromatic heterocycles. The summed E-state index contributed by atoms with van der Waals surface area (Å²) in [5.41, 5.74) is 7.04. The molecule has 0 bridgehead atoms. The first-order chi connectivity index (χ1) is 9.99. The number of nitrogens with one attached hydrogen (secondary N) is 1. The fourth-order valence-corrected chi connectivity index (χ4v) is 3.20. The van der Waals surface area contributed by atoms with Crippen molar-refractivity contribution in [3.05, 3.63) is 28.2 Å². The molecule has 2 rings (SSSR count). The molecule has 3 N–H and O–H groups in total. The maximum atomic E-state index is 11.7. The van der Waals surface area contributed by atoms with Gasteiger partial charge in [-0.25, -0.2) is 0 Å². The highest BCUT2D eigenvalue weighted by atomic mass is 79.9. The number of carbonyl (C=O) groups excluding carboxylic acids is 1. The molecule has 1 atom stereocenters. The van der Waals surface area contributed by atoms with Gasteiger partial charge in [0.1, 0.15) is 0 Å². The van der Waals surface area contributed by atoms with E-state index in [0.29, 0.717) is 17.6 Å². The summed E-state index contributed by atoms with van der Waals surface area (Å²) < 4.78 is 0.963. The summed E-state index contributed by atoms with van der Waals surface area (Å²) in [6, 6.07) is 6.43. The van der Waals surface area contributed by atoms with E-state index < -0.39 is 0 Å². The monoisotopic (exact) mass is 353 g/mol. The van der Waals surface area contributed by atoms with E-state index in [-0.39, 0.29) is 5.91 Å². The normalized spacial score (nSPS) is 18.8. The van der Waals surface area contributed by atoms with Crippen molar-refractivity contribution in [1.82, 2.24) is 5.32 Å². The Kier molecular flexibility index (Phi) is 5.65. The number of rotatable bonds is 5. The van der Waals surface area contributed by atoms with Crippen molar-refractivity contribution in [3.63, 3.8) is 0 Å². The number of anilines is 1. The second-order valence-electron chi connectivity index (χ2n) is 5.92. The first kappa shape index (κ1) is 16.3. The Morgan fingerprint density at radius 3 is 2.81 bits per heavy atom. The van der Waals surface area contributed by atoms with Crippen LogP contribution in [0.3, 0.4) is 0 Å². The molecule has 0 aliphatic carbocycles. The molecule has 116 valence electrons. The van der Waals surface area contributed by atoms with E-state index in [1.165, 1.54) is 19.3 Å². The quantitative estimate of drug-likeness (QED) is 0.855. The maximum Gasteiger partial charge on any atom is 0.250 e. The number of hydrogen-bond acceptors (Lipinski definition) is 3. The van der Waals surface area contributed by atoms with Crippen LogP contribution in [0.1, 0.15) is 43.5 Å². The molecular formula is C16H24BrN3O. The van der Waals surface area contributed by atoms with E-state index in [2.05, 4.69) is 40.0 Å². The van der Waals surface area contributed by atoms with Crippen molar-refractivity contribution in [1.29, 1.82) is 0 Å². The Balaban J connectivity index is 2.28. The number of primary amides is 1. The van der Waals surface area contributed by atoms with E-state index in [1.807, 2.05) is 12.1 Å². The van der Waals surface area contributed by atoms with Crippen LogP contribution in [-0.4, -0.2) is 31.1 Å². The number of nitrogens with zero attached hydrogens (tertiary/aromatic N) is 1. The maximum absolute atomic E-state index is 11.7. The molecule has 0 radical (unpaired) electrons. The summed E-state index contributed by atoms with van der Waals surface area (Å²) in [6.07, 6.45) is 3.70. The summed E-state index contributed by atoms with van der Waals surface area (Å²) in [5, 5.41) is 3.57. The highest BCUT2D eigenvalue weighted by Gasteiger charge is 2.22. The van der Waals surface area contributed by atoms with Gasteiger partial charge in [0.25, 0.3) is 5.91 Å². The SMILES string of the molecule is CC(C)N(CC1CCCCN1)c1cc(Br)ccc1C(N)=O. The minimum Gasteiger partial charge on any atom is -0.367 e. The van der Waals surface area contributed by atoms with Gasteiger partial charge in [0.2, 0.25) is 0 Å². The number of amides is 1. The van der Waals surface area contributed by atoms with Crippen LogP contribution in [0.2, 0.25) is 0 Å². The van der Waals surface area contributed by atoms with Gasteiger partial charge in [0, 0.05) is 23.1 Å². The number of hydrogen-bond donors (Lipinski definition) is 2. The second kappa shape index (κ2) is 7.27. The van der Waals surface area contributed by atoms with E-state index in [9.17, 15) is 4.79 Å². The van der Waals surface area contributed by atoms with Gasteiger partial charge in [0.15, 0.2) is 0 Å². The molecule has 1 aliphatic rings. The largest absolute Gasteiger partial charge is 0.367 e. The van der Waals surface area contributed by atoms with Crippen LogP contribution in [0.4, 0.5) is 5.69 Å². The van der Waals surface area contributed by atoms with Gasteiger partial charge in [-0.3, -0.25) is 4.79 Å². The molecule has 4 nitrogen and oxygen atoms in total. The molecule has 1 aliphatic heterocycles. The molecule has 1 unspecified atom stereocenters. The molecule has 1 fully saturated rings. The number of halogens is 1. The minimum atomic E-state index is -0.375. The summed E-state index contributed by atoms with van der Waals surface area (Å²) in [7, 11) is 0. The van der Waals surface area contributed by atoms with Crippen molar-refractivity contribution in [2.24, 2.45) is 5.73 Å². The van der Waals surface area contributed by atoms with Crippen molar-refractivity contribution in [2.75, 3.05) is 18.0 Å². The summed E-state index contributed by atoms with van der Waals surface area (Å²) >= 11 is 3.49. The zero-order valence-electron chi connectivity index (χ0n) is 12.7. The Labute approximate surface area is 135 Å². The van der Waals surface area contributed by atoms with Crippen LogP contribution in [-0.2, 0) is 0 Å². The Hall–Kier alpha value is -1.07. The molecule has 21 heavy (non-hydrogen) atoms. The van der Waals surface area contributed by atoms with Crippen molar-refractivity contribution >= 4 is 27.5 Å². The molecule has 1 aromatic rings. The topological polar surface area (TPSA) is 58.4 Å². The Bertz CT molecular complexity index is 498. The van der Waals surface area contributed by atoms with Gasteiger partial charge in [-0.1, -0.05) is 22.4 Å². The third-order valence-corrected chi connectivity index (χ3v) is 4.48. The van der Waals surface area contributed by atoms with Gasteiger partial charge in [-0.05, 0) is 51.4 Å². The third-order valence-electron chi connectivity index (χ3n) is 3.99. The summed E-state index contributed by atoms with van der Waals surface area (Å²) in [4.78, 5) is 14.0. The van der Waals surface area contributed by atoms with Crippen LogP contribution in [0.15, 0.2) is 22.7 Å². The zero-order valence-corrected chi connectivity index (χ0v) is 14.3. The summed E-state index contributed by atoms with van der Waals surface area (Å²) in [6.45, 7) is 6.27. The predicted octanol–water partition coefficient (Wildman–Crippen LogP) is 2.90. The highest BCUT2D eigenvalue weighted by molar-refractivity contribution is 9.10. The van der Waals surface area contributed by atoms with Gasteiger partial charge < -0.3 is 16.0 Å². The molecule has 1 saturated heterocycles. The highest BCUT2D eigenvalue weighted by Crippen LogP contribution is 2.27. The first-order valence-corrected chi connectivity index (χ1v) is 8.37. The lowest BCUT2D eigenvalue weighted by Crippen LogP contribution is -2.46. The predicted molar refractivity (Wildman–Crippen MR) is 90.8 cm³/mol. The lowest BCUT2D eigenvalue weighted by atomic mass is 10.0. The van der Waals surface area contributed by atoms with Gasteiger partial charge in [-0.2, -0.15) is 0 Å². The molecule has 0 spiro atoms. The zero-order chi connectivity index (χ0) is 15.4. The molecule has 5 heteroatoms. The van der Waals surface area contributed by atoms with Crippen molar-refractivity contribution < 1.29 is 4.79 Å². The number of benzene rings is 1. The third kappa shape index (κ3) is 4.20. The van der Waals surface area contributed by atoms with Crippen LogP contribution in [0.5, 0.6) is 0 Å². The van der Waals surface area contributed by atoms with E-state index in [1.54, 1.807) is 6.07 Å². The summed E-state index contributed by atoms with van der Waals surface area (Å²) in [5.74, 6) is -0.375. The number of piperidine rings is 1. The van der Waals surface area contributed by atoms with Crippen LogP contribution in [0.25, 0.3) is 0 Å². The van der Waals surface area contributed by atoms with Gasteiger partial charge >= 0.3 is 0 Å². The minimum absolute atomic E-state index is 0.307. The molecule has 1 aromatic carbocycles. The van der Waals surface area contributed by atoms with E-state index in [4.69, 9.17) is 5.73 Å². The van der Waals surface area contributed by atoms with Crippen LogP contribution < -0.4 is 16.0 Å². The molecule has 0 saturated carbocycles. The van der Waals surface area contributed by atoms with Crippen molar-refractivity contribution in [3.8, 4) is 0 Å². The molecule has 1 heterocycles. The van der Waals surface area contributed by atoms with Crippen LogP contribution >= 0.6 is 15.9 Å². The number of nitrogens with two attached hydrogens (primary N) is 1. The Morgan fingerprint density at radius 1 is 1.48 bits per heavy atom. The van der Waals surface area contributed by atoms with Gasteiger partial charge in [-0.15, -0.1) is 0 Å². The second-order valence-corrected chi connectivity index (χ2v) is 6.83. The standard InChI is InChI=1S/C16H24BrN3O/c1-11(2)20(10-13-5-3-4-8-19-13)15-9-12(17)6-7-14(15)16(18)21/h6-7,9,11,13,19H,3-5,8,10H2,1-2H3,(H2,18,21). The fourth-order valence-electron chi connectivity index (χ4n) is 2.86. The first-order valence-electron chi connectivity index (χ1n) is 7.58. The average Bonchev–Trinajstić information content (AvgIpc) is 2.45. The smallest absolute Gasteiger partial charge is 0.250 e. The fraction of sp³-hybridized carbons (Fsp3) is 0.562. The van der Waals surface area contributed by atoms with E-state index >= 15 is 0 Å². The van der Waals surface area contributed by atoms with Crippen LogP contribution in [0, 0.1) is 0 Å². The lowest BCUT2D eigenvalue weighted by molar-refractivity contribution is 0.100. The Morgan fingerprint density at radius 2 is 2.24 bits per heavy atom. The molecular weight excluding hydrogens is 330 g/mol. The molecule has 1 amide bonds. The van der Waals surface area contributed by atoms with Gasteiger partial charge in [0.05, 0.1) is 11.3 Å².